The molecule has 1 heterocycles. The molecule has 0 spiro atoms. The van der Waals surface area contributed by atoms with E-state index in [1.165, 1.54) is 12.1 Å². The van der Waals surface area contributed by atoms with Gasteiger partial charge >= 0.3 is 0 Å². The standard InChI is InChI=1S/C13H11BrFN3O3/c14-8-3-4-11(9(15)6-8)21-7-12(19)17-18-13(20)10-2-1-5-16-10/h1-6,16H,7H2,(H,17,19)(H,18,20). The third kappa shape index (κ3) is 4.32. The number of hydrogen-bond donors (Lipinski definition) is 3. The molecule has 1 aromatic heterocycles. The summed E-state index contributed by atoms with van der Waals surface area (Å²) in [6, 6.07) is 7.40. The summed E-state index contributed by atoms with van der Waals surface area (Å²) in [5.74, 6) is -1.75. The van der Waals surface area contributed by atoms with Gasteiger partial charge in [-0.15, -0.1) is 0 Å². The highest BCUT2D eigenvalue weighted by Gasteiger charge is 2.10. The Kier molecular flexibility index (Phi) is 4.94. The average molecular weight is 356 g/mol. The lowest BCUT2D eigenvalue weighted by Gasteiger charge is -2.09. The van der Waals surface area contributed by atoms with Gasteiger partial charge in [-0.05, 0) is 30.3 Å². The Morgan fingerprint density at radius 3 is 2.76 bits per heavy atom. The summed E-state index contributed by atoms with van der Waals surface area (Å²) in [5.41, 5.74) is 4.65. The molecule has 8 heteroatoms. The number of aromatic amines is 1. The SMILES string of the molecule is O=C(COc1ccc(Br)cc1F)NNC(=O)c1ccc[nH]1. The van der Waals surface area contributed by atoms with Gasteiger partial charge in [0.15, 0.2) is 18.2 Å². The van der Waals surface area contributed by atoms with Gasteiger partial charge in [0, 0.05) is 10.7 Å². The first-order valence-corrected chi connectivity index (χ1v) is 6.66. The zero-order chi connectivity index (χ0) is 15.2. The minimum Gasteiger partial charge on any atom is -0.481 e. The predicted molar refractivity (Wildman–Crippen MR) is 76.0 cm³/mol. The number of nitrogens with one attached hydrogen (secondary N) is 3. The molecule has 2 aromatic rings. The van der Waals surface area contributed by atoms with Gasteiger partial charge in [-0.25, -0.2) is 4.39 Å². The van der Waals surface area contributed by atoms with Gasteiger partial charge in [-0.2, -0.15) is 0 Å². The Morgan fingerprint density at radius 1 is 1.29 bits per heavy atom. The first-order valence-electron chi connectivity index (χ1n) is 5.86. The van der Waals surface area contributed by atoms with Crippen molar-refractivity contribution < 1.29 is 18.7 Å². The predicted octanol–water partition coefficient (Wildman–Crippen LogP) is 1.76. The molecule has 0 atom stereocenters. The van der Waals surface area contributed by atoms with Crippen LogP contribution in [0.4, 0.5) is 4.39 Å². The Balaban J connectivity index is 1.78. The fourth-order valence-corrected chi connectivity index (χ4v) is 1.77. The van der Waals surface area contributed by atoms with Crippen LogP contribution in [0.25, 0.3) is 0 Å². The van der Waals surface area contributed by atoms with E-state index in [9.17, 15) is 14.0 Å². The summed E-state index contributed by atoms with van der Waals surface area (Å²) in [7, 11) is 0. The second-order valence-corrected chi connectivity index (χ2v) is 4.87. The van der Waals surface area contributed by atoms with E-state index in [-0.39, 0.29) is 5.75 Å². The van der Waals surface area contributed by atoms with Crippen LogP contribution in [0.2, 0.25) is 0 Å². The molecule has 0 unspecified atom stereocenters. The van der Waals surface area contributed by atoms with E-state index >= 15 is 0 Å². The van der Waals surface area contributed by atoms with E-state index in [0.717, 1.165) is 0 Å². The molecule has 6 nitrogen and oxygen atoms in total. The number of aromatic nitrogens is 1. The molecule has 0 bridgehead atoms. The van der Waals surface area contributed by atoms with Crippen LogP contribution in [0.5, 0.6) is 5.75 Å². The zero-order valence-corrected chi connectivity index (χ0v) is 12.2. The number of hydrazine groups is 1. The Morgan fingerprint density at radius 2 is 2.10 bits per heavy atom. The number of amides is 2. The summed E-state index contributed by atoms with van der Waals surface area (Å²) < 4.78 is 19.0. The van der Waals surface area contributed by atoms with Crippen molar-refractivity contribution in [3.8, 4) is 5.75 Å². The number of benzene rings is 1. The lowest BCUT2D eigenvalue weighted by atomic mass is 10.3. The molecule has 2 amide bonds. The highest BCUT2D eigenvalue weighted by molar-refractivity contribution is 9.10. The highest BCUT2D eigenvalue weighted by atomic mass is 79.9. The van der Waals surface area contributed by atoms with Gasteiger partial charge in [0.1, 0.15) is 5.69 Å². The molecule has 0 aliphatic carbocycles. The van der Waals surface area contributed by atoms with Crippen molar-refractivity contribution in [1.29, 1.82) is 0 Å². The number of halogens is 2. The van der Waals surface area contributed by atoms with Crippen molar-refractivity contribution in [2.45, 2.75) is 0 Å². The molecule has 2 rings (SSSR count). The Bertz CT molecular complexity index is 646. The maximum Gasteiger partial charge on any atom is 0.286 e. The topological polar surface area (TPSA) is 83.2 Å². The van der Waals surface area contributed by atoms with Gasteiger partial charge in [-0.1, -0.05) is 15.9 Å². The molecule has 21 heavy (non-hydrogen) atoms. The largest absolute Gasteiger partial charge is 0.481 e. The molecule has 0 saturated carbocycles. The van der Waals surface area contributed by atoms with Crippen molar-refractivity contribution in [2.24, 2.45) is 0 Å². The maximum atomic E-state index is 13.4. The number of hydrogen-bond acceptors (Lipinski definition) is 3. The highest BCUT2D eigenvalue weighted by Crippen LogP contribution is 2.21. The lowest BCUT2D eigenvalue weighted by Crippen LogP contribution is -2.44. The smallest absolute Gasteiger partial charge is 0.286 e. The first-order chi connectivity index (χ1) is 10.1. The van der Waals surface area contributed by atoms with Crippen LogP contribution in [0.3, 0.4) is 0 Å². The molecule has 0 saturated heterocycles. The zero-order valence-electron chi connectivity index (χ0n) is 10.7. The summed E-state index contributed by atoms with van der Waals surface area (Å²) in [6.45, 7) is -0.427. The molecule has 0 aliphatic rings. The minimum absolute atomic E-state index is 0.0518. The van der Waals surface area contributed by atoms with E-state index in [2.05, 4.69) is 31.8 Å². The van der Waals surface area contributed by atoms with Crippen LogP contribution in [-0.2, 0) is 4.79 Å². The molecule has 1 aromatic carbocycles. The minimum atomic E-state index is -0.614. The quantitative estimate of drug-likeness (QED) is 0.730. The molecular formula is C13H11BrFN3O3. The van der Waals surface area contributed by atoms with Gasteiger partial charge in [0.25, 0.3) is 11.8 Å². The fourth-order valence-electron chi connectivity index (χ4n) is 1.44. The first kappa shape index (κ1) is 15.0. The number of ether oxygens (including phenoxy) is 1. The van der Waals surface area contributed by atoms with Crippen molar-refractivity contribution >= 4 is 27.7 Å². The number of H-pyrrole nitrogens is 1. The molecule has 110 valence electrons. The maximum absolute atomic E-state index is 13.4. The van der Waals surface area contributed by atoms with E-state index in [1.807, 2.05) is 0 Å². The van der Waals surface area contributed by atoms with E-state index in [1.54, 1.807) is 24.4 Å². The second kappa shape index (κ2) is 6.89. The Hall–Kier alpha value is -2.35. The number of carbonyl (C=O) groups is 2. The third-order valence-electron chi connectivity index (χ3n) is 2.41. The molecule has 0 fully saturated rings. The summed E-state index contributed by atoms with van der Waals surface area (Å²) in [5, 5.41) is 0. The van der Waals surface area contributed by atoms with Crippen LogP contribution in [0.15, 0.2) is 41.0 Å². The van der Waals surface area contributed by atoms with Gasteiger partial charge in [-0.3, -0.25) is 20.4 Å². The van der Waals surface area contributed by atoms with Crippen LogP contribution in [0.1, 0.15) is 10.5 Å². The van der Waals surface area contributed by atoms with Gasteiger partial charge in [0.2, 0.25) is 0 Å². The second-order valence-electron chi connectivity index (χ2n) is 3.95. The van der Waals surface area contributed by atoms with Crippen molar-refractivity contribution in [3.05, 3.63) is 52.5 Å². The molecule has 0 radical (unpaired) electrons. The molecular weight excluding hydrogens is 345 g/mol. The Labute approximate surface area is 127 Å². The van der Waals surface area contributed by atoms with Crippen LogP contribution < -0.4 is 15.6 Å². The fraction of sp³-hybridized carbons (Fsp3) is 0.0769. The van der Waals surface area contributed by atoms with E-state index < -0.39 is 24.2 Å². The molecule has 3 N–H and O–H groups in total. The number of rotatable bonds is 4. The van der Waals surface area contributed by atoms with Crippen LogP contribution in [0, 0.1) is 5.82 Å². The summed E-state index contributed by atoms with van der Waals surface area (Å²) >= 11 is 3.11. The lowest BCUT2D eigenvalue weighted by molar-refractivity contribution is -0.123. The van der Waals surface area contributed by atoms with Gasteiger partial charge in [0.05, 0.1) is 0 Å². The average Bonchev–Trinajstić information content (AvgIpc) is 2.98. The van der Waals surface area contributed by atoms with Crippen molar-refractivity contribution in [1.82, 2.24) is 15.8 Å². The van der Waals surface area contributed by atoms with Gasteiger partial charge < -0.3 is 9.72 Å². The third-order valence-corrected chi connectivity index (χ3v) is 2.90. The number of carbonyl (C=O) groups excluding carboxylic acids is 2. The summed E-state index contributed by atoms with van der Waals surface area (Å²) in [4.78, 5) is 25.7. The molecule has 0 aliphatic heterocycles. The van der Waals surface area contributed by atoms with Crippen LogP contribution >= 0.6 is 15.9 Å². The van der Waals surface area contributed by atoms with Crippen molar-refractivity contribution in [2.75, 3.05) is 6.61 Å². The van der Waals surface area contributed by atoms with E-state index in [0.29, 0.717) is 10.2 Å². The van der Waals surface area contributed by atoms with Crippen molar-refractivity contribution in [3.63, 3.8) is 0 Å². The monoisotopic (exact) mass is 355 g/mol. The van der Waals surface area contributed by atoms with Crippen LogP contribution in [-0.4, -0.2) is 23.4 Å². The summed E-state index contributed by atoms with van der Waals surface area (Å²) in [6.07, 6.45) is 1.58. The normalized spacial score (nSPS) is 10.0. The van der Waals surface area contributed by atoms with E-state index in [4.69, 9.17) is 4.74 Å².